The molecule has 0 atom stereocenters. The second-order valence-electron chi connectivity index (χ2n) is 2.96. The third-order valence-corrected chi connectivity index (χ3v) is 3.20. The van der Waals surface area contributed by atoms with E-state index >= 15 is 0 Å². The molecule has 0 saturated carbocycles. The van der Waals surface area contributed by atoms with Crippen LogP contribution in [0.4, 0.5) is 4.39 Å². The van der Waals surface area contributed by atoms with Crippen LogP contribution in [0.2, 0.25) is 0 Å². The molecular formula is C10H9FOS. The van der Waals surface area contributed by atoms with E-state index in [0.717, 1.165) is 15.0 Å². The fourth-order valence-corrected chi connectivity index (χ4v) is 2.34. The molecule has 2 aromatic rings. The fourth-order valence-electron chi connectivity index (χ4n) is 1.36. The molecule has 0 radical (unpaired) electrons. The van der Waals surface area contributed by atoms with Gasteiger partial charge in [-0.05, 0) is 36.1 Å². The number of hydrogen-bond donors (Lipinski definition) is 1. The van der Waals surface area contributed by atoms with Gasteiger partial charge in [0.2, 0.25) is 0 Å². The van der Waals surface area contributed by atoms with Crippen molar-refractivity contribution in [3.8, 4) is 0 Å². The molecule has 0 aliphatic rings. The minimum Gasteiger partial charge on any atom is -0.391 e. The lowest BCUT2D eigenvalue weighted by Crippen LogP contribution is -1.80. The maximum Gasteiger partial charge on any atom is 0.126 e. The summed E-state index contributed by atoms with van der Waals surface area (Å²) < 4.78 is 14.1. The largest absolute Gasteiger partial charge is 0.391 e. The smallest absolute Gasteiger partial charge is 0.126 e. The highest BCUT2D eigenvalue weighted by Gasteiger charge is 2.06. The Balaban J connectivity index is 2.76. The molecule has 1 aromatic carbocycles. The van der Waals surface area contributed by atoms with Crippen LogP contribution in [0.1, 0.15) is 10.4 Å². The zero-order valence-corrected chi connectivity index (χ0v) is 7.99. The molecule has 1 N–H and O–H groups in total. The minimum atomic E-state index is -0.185. The second kappa shape index (κ2) is 3.09. The molecule has 2 rings (SSSR count). The maximum atomic E-state index is 13.1. The van der Waals surface area contributed by atoms with Crippen LogP contribution < -0.4 is 0 Å². The molecule has 0 bridgehead atoms. The predicted octanol–water partition coefficient (Wildman–Crippen LogP) is 2.84. The molecule has 13 heavy (non-hydrogen) atoms. The number of aliphatic hydroxyl groups excluding tert-OH is 1. The third kappa shape index (κ3) is 1.34. The lowest BCUT2D eigenvalue weighted by atomic mass is 10.1. The van der Waals surface area contributed by atoms with Crippen molar-refractivity contribution in [3.63, 3.8) is 0 Å². The first-order valence-electron chi connectivity index (χ1n) is 4.01. The summed E-state index contributed by atoms with van der Waals surface area (Å²) in [6.45, 7) is 1.78. The van der Waals surface area contributed by atoms with Gasteiger partial charge in [-0.1, -0.05) is 0 Å². The summed E-state index contributed by atoms with van der Waals surface area (Å²) in [4.78, 5) is 0.878. The monoisotopic (exact) mass is 196 g/mol. The van der Waals surface area contributed by atoms with E-state index in [1.165, 1.54) is 17.4 Å². The van der Waals surface area contributed by atoms with E-state index in [-0.39, 0.29) is 12.4 Å². The zero-order chi connectivity index (χ0) is 9.42. The van der Waals surface area contributed by atoms with E-state index in [1.807, 2.05) is 6.07 Å². The van der Waals surface area contributed by atoms with Crippen LogP contribution >= 0.6 is 11.3 Å². The zero-order valence-electron chi connectivity index (χ0n) is 7.17. The standard InChI is InChI=1S/C10H9FOS/c1-6-8-4-7(5-12)13-10(8)3-2-9(6)11/h2-4,12H,5H2,1H3. The van der Waals surface area contributed by atoms with Crippen molar-refractivity contribution in [2.24, 2.45) is 0 Å². The van der Waals surface area contributed by atoms with E-state index in [2.05, 4.69) is 0 Å². The molecule has 0 spiro atoms. The summed E-state index contributed by atoms with van der Waals surface area (Å²) in [6, 6.07) is 5.06. The summed E-state index contributed by atoms with van der Waals surface area (Å²) in [5.41, 5.74) is 0.661. The average Bonchev–Trinajstić information content (AvgIpc) is 2.55. The van der Waals surface area contributed by atoms with Gasteiger partial charge in [-0.15, -0.1) is 11.3 Å². The first kappa shape index (κ1) is 8.66. The van der Waals surface area contributed by atoms with Gasteiger partial charge in [0, 0.05) is 9.58 Å². The van der Waals surface area contributed by atoms with E-state index < -0.39 is 0 Å². The number of fused-ring (bicyclic) bond motifs is 1. The van der Waals surface area contributed by atoms with Crippen molar-refractivity contribution < 1.29 is 9.50 Å². The SMILES string of the molecule is Cc1c(F)ccc2sc(CO)cc12. The molecule has 0 aliphatic heterocycles. The van der Waals surface area contributed by atoms with Gasteiger partial charge < -0.3 is 5.11 Å². The van der Waals surface area contributed by atoms with E-state index in [1.54, 1.807) is 13.0 Å². The van der Waals surface area contributed by atoms with Crippen molar-refractivity contribution in [2.75, 3.05) is 0 Å². The van der Waals surface area contributed by atoms with Crippen LogP contribution in [-0.2, 0) is 6.61 Å². The van der Waals surface area contributed by atoms with Crippen molar-refractivity contribution in [2.45, 2.75) is 13.5 Å². The quantitative estimate of drug-likeness (QED) is 0.743. The Morgan fingerprint density at radius 3 is 2.92 bits per heavy atom. The molecule has 0 fully saturated rings. The number of benzene rings is 1. The second-order valence-corrected chi connectivity index (χ2v) is 4.12. The Morgan fingerprint density at radius 1 is 1.46 bits per heavy atom. The van der Waals surface area contributed by atoms with Crippen molar-refractivity contribution >= 4 is 21.4 Å². The molecular weight excluding hydrogens is 187 g/mol. The first-order chi connectivity index (χ1) is 6.22. The molecule has 1 aromatic heterocycles. The highest BCUT2D eigenvalue weighted by molar-refractivity contribution is 7.19. The van der Waals surface area contributed by atoms with Gasteiger partial charge >= 0.3 is 0 Å². The Kier molecular flexibility index (Phi) is 2.06. The molecule has 1 nitrogen and oxygen atoms in total. The van der Waals surface area contributed by atoms with Gasteiger partial charge in [0.05, 0.1) is 6.61 Å². The van der Waals surface area contributed by atoms with Crippen molar-refractivity contribution in [1.82, 2.24) is 0 Å². The Morgan fingerprint density at radius 2 is 2.23 bits per heavy atom. The van der Waals surface area contributed by atoms with Gasteiger partial charge in [0.1, 0.15) is 5.82 Å². The van der Waals surface area contributed by atoms with Crippen LogP contribution in [-0.4, -0.2) is 5.11 Å². The molecule has 0 saturated heterocycles. The van der Waals surface area contributed by atoms with Gasteiger partial charge in [-0.3, -0.25) is 0 Å². The number of hydrogen-bond acceptors (Lipinski definition) is 2. The van der Waals surface area contributed by atoms with Crippen molar-refractivity contribution in [1.29, 1.82) is 0 Å². The van der Waals surface area contributed by atoms with Crippen molar-refractivity contribution in [3.05, 3.63) is 34.5 Å². The first-order valence-corrected chi connectivity index (χ1v) is 4.82. The van der Waals surface area contributed by atoms with Crippen LogP contribution in [0.3, 0.4) is 0 Å². The highest BCUT2D eigenvalue weighted by atomic mass is 32.1. The van der Waals surface area contributed by atoms with Crippen LogP contribution in [0.5, 0.6) is 0 Å². The molecule has 0 unspecified atom stereocenters. The fraction of sp³-hybridized carbons (Fsp3) is 0.200. The van der Waals surface area contributed by atoms with Gasteiger partial charge in [0.25, 0.3) is 0 Å². The van der Waals surface area contributed by atoms with Gasteiger partial charge in [-0.2, -0.15) is 0 Å². The van der Waals surface area contributed by atoms with E-state index in [0.29, 0.717) is 5.56 Å². The lowest BCUT2D eigenvalue weighted by Gasteiger charge is -1.95. The number of halogens is 1. The normalized spacial score (nSPS) is 11.0. The van der Waals surface area contributed by atoms with Gasteiger partial charge in [0.15, 0.2) is 0 Å². The molecule has 68 valence electrons. The Hall–Kier alpha value is -0.930. The third-order valence-electron chi connectivity index (χ3n) is 2.11. The molecule has 3 heteroatoms. The number of rotatable bonds is 1. The number of aryl methyl sites for hydroxylation is 1. The Bertz CT molecular complexity index is 447. The number of thiophene rings is 1. The average molecular weight is 196 g/mol. The topological polar surface area (TPSA) is 20.2 Å². The minimum absolute atomic E-state index is 0.0282. The van der Waals surface area contributed by atoms with E-state index in [4.69, 9.17) is 5.11 Å². The predicted molar refractivity (Wildman–Crippen MR) is 52.4 cm³/mol. The summed E-state index contributed by atoms with van der Waals surface area (Å²) in [6.07, 6.45) is 0. The van der Waals surface area contributed by atoms with E-state index in [9.17, 15) is 4.39 Å². The summed E-state index contributed by atoms with van der Waals surface area (Å²) >= 11 is 1.50. The highest BCUT2D eigenvalue weighted by Crippen LogP contribution is 2.29. The molecule has 0 aliphatic carbocycles. The lowest BCUT2D eigenvalue weighted by molar-refractivity contribution is 0.285. The number of aliphatic hydroxyl groups is 1. The van der Waals surface area contributed by atoms with Crippen LogP contribution in [0.15, 0.2) is 18.2 Å². The summed E-state index contributed by atoms with van der Waals surface area (Å²) in [5.74, 6) is -0.185. The van der Waals surface area contributed by atoms with Crippen LogP contribution in [0, 0.1) is 12.7 Å². The summed E-state index contributed by atoms with van der Waals surface area (Å²) in [7, 11) is 0. The maximum absolute atomic E-state index is 13.1. The molecule has 0 amide bonds. The van der Waals surface area contributed by atoms with Gasteiger partial charge in [-0.25, -0.2) is 4.39 Å². The van der Waals surface area contributed by atoms with Crippen LogP contribution in [0.25, 0.3) is 10.1 Å². The summed E-state index contributed by atoms with van der Waals surface area (Å²) in [5, 5.41) is 9.83. The molecule has 1 heterocycles. The Labute approximate surface area is 79.4 Å².